The summed E-state index contributed by atoms with van der Waals surface area (Å²) in [5.74, 6) is -1.44. The lowest BCUT2D eigenvalue weighted by Crippen LogP contribution is -2.17. The number of aromatic nitrogens is 4. The molecule has 7 heteroatoms. The van der Waals surface area contributed by atoms with Crippen LogP contribution in [0.1, 0.15) is 31.5 Å². The molecule has 0 fully saturated rings. The molecule has 0 radical (unpaired) electrons. The zero-order valence-electron chi connectivity index (χ0n) is 12.4. The Morgan fingerprint density at radius 3 is 2.52 bits per heavy atom. The van der Waals surface area contributed by atoms with Crippen molar-refractivity contribution in [2.45, 2.75) is 19.8 Å². The Morgan fingerprint density at radius 2 is 1.83 bits per heavy atom. The number of benzene rings is 1. The molecule has 0 saturated carbocycles. The molecule has 3 rings (SSSR count). The Bertz CT molecular complexity index is 822. The van der Waals surface area contributed by atoms with E-state index in [4.69, 9.17) is 0 Å². The third-order valence-electron chi connectivity index (χ3n) is 3.35. The number of hydrogen-bond donors (Lipinski definition) is 1. The van der Waals surface area contributed by atoms with Gasteiger partial charge in [0, 0.05) is 22.6 Å². The number of H-pyrrole nitrogens is 1. The van der Waals surface area contributed by atoms with E-state index in [1.54, 1.807) is 0 Å². The van der Waals surface area contributed by atoms with E-state index in [0.717, 1.165) is 16.2 Å². The Balaban J connectivity index is 1.64. The summed E-state index contributed by atoms with van der Waals surface area (Å²) in [7, 11) is 0. The van der Waals surface area contributed by atoms with Crippen LogP contribution in [0, 0.1) is 6.92 Å². The quantitative estimate of drug-likeness (QED) is 0.554. The maximum absolute atomic E-state index is 12.0. The lowest BCUT2D eigenvalue weighted by molar-refractivity contribution is -0.114. The van der Waals surface area contributed by atoms with Crippen molar-refractivity contribution in [1.82, 2.24) is 20.6 Å². The third kappa shape index (κ3) is 3.75. The van der Waals surface area contributed by atoms with Crippen LogP contribution in [0.25, 0.3) is 0 Å². The van der Waals surface area contributed by atoms with E-state index in [0.29, 0.717) is 0 Å². The fraction of sp³-hybridized carbons (Fsp3) is 0.188. The van der Waals surface area contributed by atoms with E-state index in [-0.39, 0.29) is 12.2 Å². The summed E-state index contributed by atoms with van der Waals surface area (Å²) in [4.78, 5) is 25.8. The molecule has 3 aromatic rings. The minimum absolute atomic E-state index is 0.0614. The lowest BCUT2D eigenvalue weighted by atomic mass is 10.1. The maximum Gasteiger partial charge on any atom is 0.269 e. The summed E-state index contributed by atoms with van der Waals surface area (Å²) in [5, 5.41) is 12.5. The topological polar surface area (TPSA) is 88.6 Å². The number of aromatic amines is 1. The Labute approximate surface area is 136 Å². The lowest BCUT2D eigenvalue weighted by Gasteiger charge is -1.99. The molecule has 0 aliphatic heterocycles. The van der Waals surface area contributed by atoms with Crippen molar-refractivity contribution < 1.29 is 9.59 Å². The van der Waals surface area contributed by atoms with Gasteiger partial charge in [0.1, 0.15) is 0 Å². The van der Waals surface area contributed by atoms with Crippen LogP contribution < -0.4 is 0 Å². The number of tetrazole rings is 1. The number of carbonyl (C=O) groups is 2. The summed E-state index contributed by atoms with van der Waals surface area (Å²) >= 11 is 1.54. The van der Waals surface area contributed by atoms with Crippen LogP contribution in [0.2, 0.25) is 0 Å². The van der Waals surface area contributed by atoms with E-state index < -0.39 is 11.6 Å². The molecule has 0 atom stereocenters. The highest BCUT2D eigenvalue weighted by Gasteiger charge is 2.21. The molecule has 6 nitrogen and oxygen atoms in total. The highest BCUT2D eigenvalue weighted by molar-refractivity contribution is 7.12. The summed E-state index contributed by atoms with van der Waals surface area (Å²) in [6.45, 7) is 2.05. The molecule has 1 N–H and O–H groups in total. The number of hydrogen-bond acceptors (Lipinski definition) is 6. The van der Waals surface area contributed by atoms with Gasteiger partial charge in [0.2, 0.25) is 11.6 Å². The van der Waals surface area contributed by atoms with Crippen LogP contribution >= 0.6 is 11.3 Å². The number of ketones is 2. The first-order chi connectivity index (χ1) is 11.1. The van der Waals surface area contributed by atoms with Crippen molar-refractivity contribution in [3.8, 4) is 0 Å². The van der Waals surface area contributed by atoms with Gasteiger partial charge in [-0.3, -0.25) is 9.59 Å². The first-order valence-electron chi connectivity index (χ1n) is 7.06. The van der Waals surface area contributed by atoms with Gasteiger partial charge in [0.15, 0.2) is 0 Å². The van der Waals surface area contributed by atoms with Crippen LogP contribution in [0.5, 0.6) is 0 Å². The molecule has 116 valence electrons. The molecule has 0 amide bonds. The second-order valence-electron chi connectivity index (χ2n) is 5.19. The summed E-state index contributed by atoms with van der Waals surface area (Å²) in [5.41, 5.74) is 2.45. The molecule has 0 saturated heterocycles. The zero-order chi connectivity index (χ0) is 16.2. The van der Waals surface area contributed by atoms with Gasteiger partial charge < -0.3 is 0 Å². The van der Waals surface area contributed by atoms with E-state index in [1.165, 1.54) is 22.5 Å². The first-order valence-corrected chi connectivity index (χ1v) is 7.87. The van der Waals surface area contributed by atoms with Crippen molar-refractivity contribution in [2.24, 2.45) is 0 Å². The molecule has 23 heavy (non-hydrogen) atoms. The van der Waals surface area contributed by atoms with E-state index in [2.05, 4.69) is 51.8 Å². The fourth-order valence-electron chi connectivity index (χ4n) is 2.14. The maximum atomic E-state index is 12.0. The Kier molecular flexibility index (Phi) is 4.38. The van der Waals surface area contributed by atoms with Crippen molar-refractivity contribution >= 4 is 22.9 Å². The van der Waals surface area contributed by atoms with Crippen LogP contribution in [0.4, 0.5) is 0 Å². The number of rotatable bonds is 6. The van der Waals surface area contributed by atoms with E-state index in [9.17, 15) is 9.59 Å². The largest absolute Gasteiger partial charge is 0.290 e. The SMILES string of the molecule is Cc1ccc(Cc2ccc(CC(=O)C(=O)c3nn[nH]n3)s2)cc1. The molecule has 0 bridgehead atoms. The average Bonchev–Trinajstić information content (AvgIpc) is 3.21. The minimum Gasteiger partial charge on any atom is -0.290 e. The average molecular weight is 326 g/mol. The van der Waals surface area contributed by atoms with Gasteiger partial charge in [0.05, 0.1) is 0 Å². The van der Waals surface area contributed by atoms with Crippen LogP contribution in [0.3, 0.4) is 0 Å². The number of Topliss-reactive ketones (excluding diaryl/α,β-unsaturated/α-hetero) is 2. The minimum atomic E-state index is -0.716. The second-order valence-corrected chi connectivity index (χ2v) is 6.45. The smallest absolute Gasteiger partial charge is 0.269 e. The first kappa shape index (κ1) is 15.2. The van der Waals surface area contributed by atoms with Gasteiger partial charge in [0.25, 0.3) is 5.78 Å². The predicted molar refractivity (Wildman–Crippen MR) is 85.5 cm³/mol. The van der Waals surface area contributed by atoms with Gasteiger partial charge in [-0.1, -0.05) is 29.8 Å². The summed E-state index contributed by atoms with van der Waals surface area (Å²) in [6, 6.07) is 12.2. The molecule has 2 heterocycles. The molecule has 2 aromatic heterocycles. The monoisotopic (exact) mass is 326 g/mol. The van der Waals surface area contributed by atoms with E-state index in [1.807, 2.05) is 12.1 Å². The molecule has 0 aliphatic carbocycles. The zero-order valence-corrected chi connectivity index (χ0v) is 13.3. The van der Waals surface area contributed by atoms with Crippen LogP contribution in [-0.2, 0) is 17.6 Å². The molecule has 0 aliphatic rings. The Morgan fingerprint density at radius 1 is 1.09 bits per heavy atom. The highest BCUT2D eigenvalue weighted by atomic mass is 32.1. The molecule has 0 unspecified atom stereocenters. The van der Waals surface area contributed by atoms with Gasteiger partial charge in [-0.2, -0.15) is 5.21 Å². The highest BCUT2D eigenvalue weighted by Crippen LogP contribution is 2.21. The fourth-order valence-corrected chi connectivity index (χ4v) is 3.19. The number of carbonyl (C=O) groups excluding carboxylic acids is 2. The summed E-state index contributed by atoms with van der Waals surface area (Å²) in [6.07, 6.45) is 0.879. The van der Waals surface area contributed by atoms with Crippen molar-refractivity contribution in [3.63, 3.8) is 0 Å². The van der Waals surface area contributed by atoms with Crippen LogP contribution in [0.15, 0.2) is 36.4 Å². The summed E-state index contributed by atoms with van der Waals surface area (Å²) < 4.78 is 0. The van der Waals surface area contributed by atoms with Gasteiger partial charge in [-0.15, -0.1) is 21.5 Å². The van der Waals surface area contributed by atoms with Gasteiger partial charge in [-0.25, -0.2) is 0 Å². The third-order valence-corrected chi connectivity index (χ3v) is 4.44. The van der Waals surface area contributed by atoms with Crippen molar-refractivity contribution in [3.05, 3.63) is 63.1 Å². The predicted octanol–water partition coefficient (Wildman–Crippen LogP) is 2.15. The number of aryl methyl sites for hydroxylation is 1. The molecule has 1 aromatic carbocycles. The second kappa shape index (κ2) is 6.62. The van der Waals surface area contributed by atoms with E-state index >= 15 is 0 Å². The molecule has 0 spiro atoms. The van der Waals surface area contributed by atoms with Gasteiger partial charge >= 0.3 is 0 Å². The standard InChI is InChI=1S/C16H14N4O2S/c1-10-2-4-11(5-3-10)8-12-6-7-13(23-12)9-14(21)15(22)16-17-19-20-18-16/h2-7H,8-9H2,1H3,(H,17,18,19,20). The molecular weight excluding hydrogens is 312 g/mol. The number of nitrogens with one attached hydrogen (secondary N) is 1. The van der Waals surface area contributed by atoms with Crippen molar-refractivity contribution in [2.75, 3.05) is 0 Å². The van der Waals surface area contributed by atoms with Crippen molar-refractivity contribution in [1.29, 1.82) is 0 Å². The number of thiophene rings is 1. The van der Waals surface area contributed by atoms with Gasteiger partial charge in [-0.05, 0) is 29.8 Å². The Hall–Kier alpha value is -2.67. The normalized spacial score (nSPS) is 10.7. The number of nitrogens with zero attached hydrogens (tertiary/aromatic N) is 3. The van der Waals surface area contributed by atoms with Crippen LogP contribution in [-0.4, -0.2) is 32.2 Å². The molecular formula is C16H14N4O2S.